The number of halogens is 15. The van der Waals surface area contributed by atoms with E-state index in [-0.39, 0.29) is 0 Å². The van der Waals surface area contributed by atoms with E-state index in [2.05, 4.69) is 0 Å². The van der Waals surface area contributed by atoms with E-state index in [0.29, 0.717) is 0 Å². The van der Waals surface area contributed by atoms with Gasteiger partial charge in [-0.2, -0.15) is 0 Å². The zero-order valence-electron chi connectivity index (χ0n) is 8.24. The molecule has 0 heterocycles. The minimum atomic E-state index is -11.1. The van der Waals surface area contributed by atoms with Gasteiger partial charge in [-0.3, -0.25) is 0 Å². The maximum Gasteiger partial charge on any atom is 0.661 e. The molecule has 0 aliphatic carbocycles. The van der Waals surface area contributed by atoms with Crippen LogP contribution < -0.4 is 0 Å². The van der Waals surface area contributed by atoms with E-state index in [4.69, 9.17) is 9.22 Å². The van der Waals surface area contributed by atoms with Gasteiger partial charge in [-0.15, -0.1) is 9.22 Å². The van der Waals surface area contributed by atoms with E-state index in [1.54, 1.807) is 0 Å². The van der Waals surface area contributed by atoms with Crippen LogP contribution in [0.3, 0.4) is 0 Å². The first-order valence-corrected chi connectivity index (χ1v) is 10.5. The molecule has 0 bridgehead atoms. The van der Waals surface area contributed by atoms with Crippen LogP contribution in [-0.4, -0.2) is 14.2 Å². The summed E-state index contributed by atoms with van der Waals surface area (Å²) in [5.41, 5.74) is 0. The van der Waals surface area contributed by atoms with Crippen LogP contribution in [0.1, 0.15) is 0 Å². The van der Waals surface area contributed by atoms with Crippen molar-refractivity contribution in [2.24, 2.45) is 0 Å². The first kappa shape index (κ1) is 29.0. The van der Waals surface area contributed by atoms with Crippen molar-refractivity contribution >= 4 is 47.9 Å². The second kappa shape index (κ2) is 8.01. The number of nitrogens with zero attached hydrogens (tertiary/aromatic N) is 2. The second-order valence-electron chi connectivity index (χ2n) is 1.90. The van der Waals surface area contributed by atoms with Crippen LogP contribution in [0.5, 0.6) is 0 Å². The molecule has 0 atom stereocenters. The summed E-state index contributed by atoms with van der Waals surface area (Å²) in [4.78, 5) is 0. The Morgan fingerprint density at radius 3 is 0.571 bits per heavy atom. The minimum Gasteiger partial charge on any atom is -0.129 e. The van der Waals surface area contributed by atoms with Crippen LogP contribution in [0.4, 0.5) is 55.8 Å². The molecule has 0 aromatic rings. The minimum absolute atomic E-state index is 3.86. The third kappa shape index (κ3) is 13900000. The Bertz CT molecular complexity index is 394. The molecule has 0 aliphatic heterocycles. The fraction of sp³-hybridized carbons (Fsp3) is 0. The summed E-state index contributed by atoms with van der Waals surface area (Å²) < 4.78 is 162. The van der Waals surface area contributed by atoms with Crippen molar-refractivity contribution in [3.63, 3.8) is 0 Å². The van der Waals surface area contributed by atoms with Crippen molar-refractivity contribution in [1.82, 2.24) is 0 Å². The summed E-state index contributed by atoms with van der Waals surface area (Å²) in [6.45, 7) is 0. The van der Waals surface area contributed by atoms with Gasteiger partial charge < -0.3 is 0 Å². The average Bonchev–Trinajstić information content (AvgIpc) is 1.61. The van der Waals surface area contributed by atoms with Crippen LogP contribution in [0.2, 0.25) is 0 Å². The van der Waals surface area contributed by atoms with Gasteiger partial charge >= 0.3 is 68.7 Å². The van der Waals surface area contributed by atoms with E-state index in [9.17, 15) is 55.8 Å². The molecule has 0 amide bonds. The predicted molar refractivity (Wildman–Crippen MR) is 48.4 cm³/mol. The van der Waals surface area contributed by atoms with Gasteiger partial charge in [-0.05, 0) is 0 Å². The predicted octanol–water partition coefficient (Wildman–Crippen LogP) is 7.25. The Labute approximate surface area is 113 Å². The van der Waals surface area contributed by atoms with Gasteiger partial charge in [0.15, 0.2) is 0 Å². The third-order valence-corrected chi connectivity index (χ3v) is 0. The van der Waals surface area contributed by atoms with Gasteiger partial charge in [0.25, 0.3) is 0 Å². The molecule has 0 fully saturated rings. The van der Waals surface area contributed by atoms with E-state index in [1.807, 2.05) is 0 Å². The molecule has 0 aromatic heterocycles. The first-order valence-electron chi connectivity index (χ1n) is 2.77. The second-order valence-corrected chi connectivity index (χ2v) is 7.80. The van der Waals surface area contributed by atoms with Crippen molar-refractivity contribution < 1.29 is 55.8 Å². The average molecular weight is 484 g/mol. The monoisotopic (exact) mass is 484 g/mol. The maximum absolute atomic E-state index is 11.1. The summed E-state index contributed by atoms with van der Waals surface area (Å²) in [6.07, 6.45) is 0. The normalized spacial score (nSPS) is 15.0. The summed E-state index contributed by atoms with van der Waals surface area (Å²) in [5, 5.41) is 0. The van der Waals surface area contributed by atoms with Gasteiger partial charge in [0.1, 0.15) is 11.7 Å². The molecule has 21 heavy (non-hydrogen) atoms. The third-order valence-electron chi connectivity index (χ3n) is 0. The Morgan fingerprint density at radius 1 is 0.571 bits per heavy atom. The van der Waals surface area contributed by atoms with Gasteiger partial charge in [-0.1, -0.05) is 23.3 Å². The molecule has 0 saturated carbocycles. The molecule has 0 radical (unpaired) electrons. The van der Waals surface area contributed by atoms with Crippen molar-refractivity contribution in [2.75, 3.05) is 0 Å². The summed E-state index contributed by atoms with van der Waals surface area (Å²) in [5.74, 6) is 0. The molecule has 21 heteroatoms. The molecule has 0 spiro atoms. The molecule has 0 saturated heterocycles. The van der Waals surface area contributed by atoms with Crippen LogP contribution in [0.25, 0.3) is 0 Å². The number of hydrogen-bond donors (Lipinski definition) is 0. The first-order chi connectivity index (χ1) is 8.18. The van der Waals surface area contributed by atoms with E-state index in [1.165, 1.54) is 0 Å². The van der Waals surface area contributed by atoms with Crippen molar-refractivity contribution in [3.05, 3.63) is 0 Å². The molecule has 2 nitrogen and oxygen atoms in total. The van der Waals surface area contributed by atoms with Crippen molar-refractivity contribution in [1.29, 1.82) is 9.22 Å². The van der Waals surface area contributed by atoms with E-state index < -0.39 is 47.9 Å². The topological polar surface area (TPSA) is 47.6 Å². The van der Waals surface area contributed by atoms with Gasteiger partial charge in [0.05, 0.1) is 0 Å². The molecule has 0 aliphatic rings. The van der Waals surface area contributed by atoms with Crippen LogP contribution in [0.15, 0.2) is 0 Å². The molecular formula is AsF15N2S3. The Morgan fingerprint density at radius 2 is 0.571 bits per heavy atom. The molecule has 0 N–H and O–H groups in total. The summed E-state index contributed by atoms with van der Waals surface area (Å²) in [6, 6.07) is 0. The molecular weight excluding hydrogens is 484 g/mol. The van der Waals surface area contributed by atoms with Crippen LogP contribution in [0, 0.1) is 9.22 Å². The molecule has 0 rings (SSSR count). The summed E-state index contributed by atoms with van der Waals surface area (Å²) >= 11 is -14.9. The zero-order valence-corrected chi connectivity index (χ0v) is 12.6. The van der Waals surface area contributed by atoms with Gasteiger partial charge in [0, 0.05) is 0 Å². The van der Waals surface area contributed by atoms with Crippen molar-refractivity contribution in [2.45, 2.75) is 0 Å². The largest absolute Gasteiger partial charge is 0.661 e. The Balaban J connectivity index is -0.0000000939. The van der Waals surface area contributed by atoms with E-state index in [0.717, 1.165) is 0 Å². The zero-order chi connectivity index (χ0) is 19.0. The fourth-order valence-corrected chi connectivity index (χ4v) is 0. The van der Waals surface area contributed by atoms with Gasteiger partial charge in [-0.25, -0.2) is 0 Å². The number of rotatable bonds is 0. The SMILES string of the molecule is F[As-](F)(F)(F)(F)F.F[S+](F)F.N#S(F)(F)F.N#S(F)(F)F. The van der Waals surface area contributed by atoms with Crippen LogP contribution in [-0.2, 0) is 12.1 Å². The van der Waals surface area contributed by atoms with Crippen LogP contribution >= 0.6 is 21.6 Å². The van der Waals surface area contributed by atoms with Crippen molar-refractivity contribution in [3.8, 4) is 0 Å². The molecule has 0 unspecified atom stereocenters. The number of hydrogen-bond acceptors (Lipinski definition) is 2. The Kier molecular flexibility index (Phi) is 11.1. The Hall–Kier alpha value is -0.0216. The molecule has 138 valence electrons. The van der Waals surface area contributed by atoms with E-state index >= 15 is 0 Å². The smallest absolute Gasteiger partial charge is 0.129 e. The standard InChI is InChI=1S/AsF6.2F3NS.F3S/c2-1(3,4,5,6)7;2*1-5(2,3)4;1-4(2)3/q-1;;;+1. The summed E-state index contributed by atoms with van der Waals surface area (Å²) in [7, 11) is -11.3. The maximum atomic E-state index is 9.99. The van der Waals surface area contributed by atoms with Gasteiger partial charge in [0.2, 0.25) is 0 Å². The quantitative estimate of drug-likeness (QED) is 0.207. The fourth-order valence-electron chi connectivity index (χ4n) is 0. The molecule has 0 aromatic carbocycles.